The second-order valence-corrected chi connectivity index (χ2v) is 5.88. The molecule has 3 rings (SSSR count). The van der Waals surface area contributed by atoms with Gasteiger partial charge in [-0.3, -0.25) is 0 Å². The first-order chi connectivity index (χ1) is 11.3. The summed E-state index contributed by atoms with van der Waals surface area (Å²) in [5.41, 5.74) is 0. The van der Waals surface area contributed by atoms with Crippen molar-refractivity contribution in [2.24, 2.45) is 0 Å². The smallest absolute Gasteiger partial charge is 0.134 e. The summed E-state index contributed by atoms with van der Waals surface area (Å²) in [7, 11) is 0. The maximum atomic E-state index is 4.43. The van der Waals surface area contributed by atoms with Crippen LogP contribution in [-0.2, 0) is 0 Å². The molecule has 0 amide bonds. The fourth-order valence-corrected chi connectivity index (χ4v) is 2.66. The molecule has 122 valence electrons. The van der Waals surface area contributed by atoms with Crippen LogP contribution in [0.4, 0.5) is 17.5 Å². The van der Waals surface area contributed by atoms with E-state index in [0.717, 1.165) is 50.1 Å². The normalized spacial score (nSPS) is 16.3. The summed E-state index contributed by atoms with van der Waals surface area (Å²) < 4.78 is 0. The molecule has 23 heavy (non-hydrogen) atoms. The molecule has 0 radical (unpaired) electrons. The van der Waals surface area contributed by atoms with Gasteiger partial charge in [0.25, 0.3) is 0 Å². The van der Waals surface area contributed by atoms with E-state index in [1.807, 2.05) is 24.4 Å². The van der Waals surface area contributed by atoms with Crippen LogP contribution >= 0.6 is 0 Å². The molecule has 0 spiro atoms. The topological polar surface area (TPSA) is 57.2 Å². The lowest BCUT2D eigenvalue weighted by Gasteiger charge is -2.36. The number of nitrogens with zero attached hydrogens (tertiary/aromatic N) is 5. The summed E-state index contributed by atoms with van der Waals surface area (Å²) in [4.78, 5) is 17.8. The largest absolute Gasteiger partial charge is 0.367 e. The molecule has 0 saturated carbocycles. The van der Waals surface area contributed by atoms with Gasteiger partial charge < -0.3 is 15.1 Å². The number of hydrogen-bond acceptors (Lipinski definition) is 6. The highest BCUT2D eigenvalue weighted by molar-refractivity contribution is 5.50. The van der Waals surface area contributed by atoms with Crippen LogP contribution in [0.2, 0.25) is 0 Å². The fourth-order valence-electron chi connectivity index (χ4n) is 2.66. The lowest BCUT2D eigenvalue weighted by Crippen LogP contribution is -2.47. The van der Waals surface area contributed by atoms with Gasteiger partial charge in [0, 0.05) is 44.5 Å². The van der Waals surface area contributed by atoms with Gasteiger partial charge in [0.05, 0.1) is 0 Å². The number of aromatic nitrogens is 3. The van der Waals surface area contributed by atoms with Crippen molar-refractivity contribution in [3.8, 4) is 0 Å². The Bertz CT molecular complexity index is 609. The molecule has 0 bridgehead atoms. The van der Waals surface area contributed by atoms with Gasteiger partial charge in [-0.1, -0.05) is 13.0 Å². The van der Waals surface area contributed by atoms with Crippen LogP contribution in [0.15, 0.2) is 36.8 Å². The third-order valence-corrected chi connectivity index (χ3v) is 4.24. The highest BCUT2D eigenvalue weighted by Gasteiger charge is 2.19. The minimum atomic E-state index is 0.416. The van der Waals surface area contributed by atoms with E-state index in [2.05, 4.69) is 50.0 Å². The molecule has 0 aliphatic carbocycles. The highest BCUT2D eigenvalue weighted by atomic mass is 15.3. The average Bonchev–Trinajstić information content (AvgIpc) is 2.63. The zero-order valence-corrected chi connectivity index (χ0v) is 13.8. The highest BCUT2D eigenvalue weighted by Crippen LogP contribution is 2.19. The molecule has 0 aromatic carbocycles. The fraction of sp³-hybridized carbons (Fsp3) is 0.471. The lowest BCUT2D eigenvalue weighted by molar-refractivity contribution is 0.641. The molecule has 2 aromatic rings. The van der Waals surface area contributed by atoms with Gasteiger partial charge in [-0.15, -0.1) is 0 Å². The van der Waals surface area contributed by atoms with Crippen molar-refractivity contribution in [2.75, 3.05) is 41.3 Å². The molecule has 1 atom stereocenters. The van der Waals surface area contributed by atoms with Gasteiger partial charge >= 0.3 is 0 Å². The molecule has 1 N–H and O–H groups in total. The van der Waals surface area contributed by atoms with Crippen molar-refractivity contribution >= 4 is 17.5 Å². The Morgan fingerprint density at radius 3 is 2.43 bits per heavy atom. The number of nitrogens with one attached hydrogen (secondary N) is 1. The van der Waals surface area contributed by atoms with Crippen LogP contribution in [0, 0.1) is 0 Å². The number of piperazine rings is 1. The number of anilines is 3. The predicted octanol–water partition coefficient (Wildman–Crippen LogP) is 2.41. The van der Waals surface area contributed by atoms with Gasteiger partial charge in [0.15, 0.2) is 0 Å². The second kappa shape index (κ2) is 7.26. The molecule has 1 fully saturated rings. The first-order valence-electron chi connectivity index (χ1n) is 8.25. The van der Waals surface area contributed by atoms with Crippen molar-refractivity contribution in [1.29, 1.82) is 0 Å². The Morgan fingerprint density at radius 1 is 1.04 bits per heavy atom. The lowest BCUT2D eigenvalue weighted by atomic mass is 10.2. The van der Waals surface area contributed by atoms with Crippen LogP contribution < -0.4 is 15.1 Å². The van der Waals surface area contributed by atoms with Crippen LogP contribution in [0.3, 0.4) is 0 Å². The zero-order valence-electron chi connectivity index (χ0n) is 13.8. The minimum absolute atomic E-state index is 0.416. The van der Waals surface area contributed by atoms with Crippen molar-refractivity contribution in [3.05, 3.63) is 36.8 Å². The van der Waals surface area contributed by atoms with Gasteiger partial charge in [-0.05, 0) is 25.5 Å². The summed E-state index contributed by atoms with van der Waals surface area (Å²) in [5, 5.41) is 3.41. The predicted molar refractivity (Wildman–Crippen MR) is 94.1 cm³/mol. The van der Waals surface area contributed by atoms with E-state index in [1.165, 1.54) is 0 Å². The molecule has 6 heteroatoms. The Kier molecular flexibility index (Phi) is 4.90. The summed E-state index contributed by atoms with van der Waals surface area (Å²) in [6.45, 7) is 8.11. The van der Waals surface area contributed by atoms with Gasteiger partial charge in [-0.2, -0.15) is 0 Å². The minimum Gasteiger partial charge on any atom is -0.367 e. The summed E-state index contributed by atoms with van der Waals surface area (Å²) >= 11 is 0. The molecular weight excluding hydrogens is 288 g/mol. The summed E-state index contributed by atoms with van der Waals surface area (Å²) in [6.07, 6.45) is 4.56. The monoisotopic (exact) mass is 312 g/mol. The maximum absolute atomic E-state index is 4.43. The van der Waals surface area contributed by atoms with E-state index in [-0.39, 0.29) is 0 Å². The Hall–Kier alpha value is -2.37. The van der Waals surface area contributed by atoms with Crippen LogP contribution in [-0.4, -0.2) is 47.2 Å². The van der Waals surface area contributed by atoms with E-state index in [9.17, 15) is 0 Å². The molecule has 2 aromatic heterocycles. The molecule has 1 unspecified atom stereocenters. The number of pyridine rings is 1. The van der Waals surface area contributed by atoms with Gasteiger partial charge in [-0.25, -0.2) is 15.0 Å². The molecule has 1 aliphatic heterocycles. The van der Waals surface area contributed by atoms with E-state index in [0.29, 0.717) is 6.04 Å². The van der Waals surface area contributed by atoms with Gasteiger partial charge in [0.1, 0.15) is 23.8 Å². The van der Waals surface area contributed by atoms with E-state index in [1.54, 1.807) is 6.33 Å². The van der Waals surface area contributed by atoms with E-state index in [4.69, 9.17) is 0 Å². The van der Waals surface area contributed by atoms with Crippen molar-refractivity contribution in [3.63, 3.8) is 0 Å². The first-order valence-corrected chi connectivity index (χ1v) is 8.25. The Morgan fingerprint density at radius 2 is 1.78 bits per heavy atom. The van der Waals surface area contributed by atoms with Crippen LogP contribution in [0.25, 0.3) is 0 Å². The van der Waals surface area contributed by atoms with E-state index < -0.39 is 0 Å². The third kappa shape index (κ3) is 3.88. The molecule has 6 nitrogen and oxygen atoms in total. The van der Waals surface area contributed by atoms with Crippen molar-refractivity contribution in [2.45, 2.75) is 26.3 Å². The van der Waals surface area contributed by atoms with Crippen molar-refractivity contribution in [1.82, 2.24) is 15.0 Å². The molecular formula is C17H24N6. The Balaban J connectivity index is 1.62. The van der Waals surface area contributed by atoms with Gasteiger partial charge in [0.2, 0.25) is 0 Å². The Labute approximate surface area is 137 Å². The third-order valence-electron chi connectivity index (χ3n) is 4.24. The molecule has 1 saturated heterocycles. The summed E-state index contributed by atoms with van der Waals surface area (Å²) in [6, 6.07) is 8.51. The maximum Gasteiger partial charge on any atom is 0.134 e. The molecule has 3 heterocycles. The van der Waals surface area contributed by atoms with E-state index >= 15 is 0 Å². The SMILES string of the molecule is CCC(C)Nc1cc(N2CCN(c3ccccn3)CC2)ncn1. The van der Waals surface area contributed by atoms with Crippen LogP contribution in [0.1, 0.15) is 20.3 Å². The quantitative estimate of drug-likeness (QED) is 0.915. The molecule has 1 aliphatic rings. The van der Waals surface area contributed by atoms with Crippen molar-refractivity contribution < 1.29 is 0 Å². The number of hydrogen-bond donors (Lipinski definition) is 1. The zero-order chi connectivity index (χ0) is 16.1. The summed E-state index contributed by atoms with van der Waals surface area (Å²) in [5.74, 6) is 2.94. The first kappa shape index (κ1) is 15.5. The standard InChI is InChI=1S/C17H24N6/c1-3-14(2)21-15-12-17(20-13-19-15)23-10-8-22(9-11-23)16-6-4-5-7-18-16/h4-7,12-14H,3,8-11H2,1-2H3,(H,19,20,21). The average molecular weight is 312 g/mol. The van der Waals surface area contributed by atoms with Crippen LogP contribution in [0.5, 0.6) is 0 Å². The number of rotatable bonds is 5. The second-order valence-electron chi connectivity index (χ2n) is 5.88.